The van der Waals surface area contributed by atoms with E-state index in [1.54, 1.807) is 24.3 Å². The first-order chi connectivity index (χ1) is 9.47. The molecule has 0 bridgehead atoms. The molecule has 4 heteroatoms. The molecule has 0 atom stereocenters. The number of hydrogen-bond acceptors (Lipinski definition) is 2. The van der Waals surface area contributed by atoms with Gasteiger partial charge in [-0.3, -0.25) is 4.79 Å². The highest BCUT2D eigenvalue weighted by Gasteiger charge is 2.07. The zero-order valence-electron chi connectivity index (χ0n) is 11.2. The number of rotatable bonds is 4. The van der Waals surface area contributed by atoms with Gasteiger partial charge in [-0.1, -0.05) is 17.7 Å². The molecule has 0 fully saturated rings. The van der Waals surface area contributed by atoms with Crippen molar-refractivity contribution in [1.82, 2.24) is 0 Å². The quantitative estimate of drug-likeness (QED) is 0.772. The molecule has 0 aliphatic rings. The van der Waals surface area contributed by atoms with Crippen LogP contribution < -0.4 is 4.74 Å². The highest BCUT2D eigenvalue weighted by atomic mass is 35.5. The summed E-state index contributed by atoms with van der Waals surface area (Å²) < 4.78 is 18.6. The van der Waals surface area contributed by atoms with Gasteiger partial charge in [0.25, 0.3) is 0 Å². The molecule has 0 saturated carbocycles. The first kappa shape index (κ1) is 14.5. The molecule has 104 valence electrons. The fourth-order valence-corrected chi connectivity index (χ4v) is 2.05. The van der Waals surface area contributed by atoms with Gasteiger partial charge in [0, 0.05) is 5.56 Å². The van der Waals surface area contributed by atoms with Crippen LogP contribution in [-0.4, -0.2) is 5.78 Å². The second-order valence-corrected chi connectivity index (χ2v) is 4.97. The van der Waals surface area contributed by atoms with E-state index in [4.69, 9.17) is 16.3 Å². The second-order valence-electron chi connectivity index (χ2n) is 4.56. The zero-order valence-corrected chi connectivity index (χ0v) is 12.0. The highest BCUT2D eigenvalue weighted by Crippen LogP contribution is 2.27. The van der Waals surface area contributed by atoms with E-state index in [9.17, 15) is 9.18 Å². The van der Waals surface area contributed by atoms with Gasteiger partial charge >= 0.3 is 0 Å². The number of benzene rings is 2. The Morgan fingerprint density at radius 1 is 1.25 bits per heavy atom. The molecule has 0 unspecified atom stereocenters. The first-order valence-electron chi connectivity index (χ1n) is 6.15. The van der Waals surface area contributed by atoms with Gasteiger partial charge in [-0.25, -0.2) is 4.39 Å². The molecule has 0 aliphatic heterocycles. The Kier molecular flexibility index (Phi) is 4.40. The molecule has 0 saturated heterocycles. The molecule has 2 rings (SSSR count). The molecule has 2 aromatic rings. The fourth-order valence-electron chi connectivity index (χ4n) is 1.81. The van der Waals surface area contributed by atoms with Crippen molar-refractivity contribution in [2.45, 2.75) is 20.5 Å². The van der Waals surface area contributed by atoms with Crippen LogP contribution in [0.4, 0.5) is 4.39 Å². The summed E-state index contributed by atoms with van der Waals surface area (Å²) in [6.07, 6.45) is 0. The molecule has 0 heterocycles. The van der Waals surface area contributed by atoms with Crippen molar-refractivity contribution in [3.63, 3.8) is 0 Å². The summed E-state index contributed by atoms with van der Waals surface area (Å²) >= 11 is 6.07. The predicted molar refractivity (Wildman–Crippen MR) is 76.9 cm³/mol. The minimum atomic E-state index is -0.268. The topological polar surface area (TPSA) is 26.3 Å². The lowest BCUT2D eigenvalue weighted by molar-refractivity contribution is 0.101. The Morgan fingerprint density at radius 2 is 2.00 bits per heavy atom. The summed E-state index contributed by atoms with van der Waals surface area (Å²) in [7, 11) is 0. The van der Waals surface area contributed by atoms with E-state index in [1.807, 2.05) is 6.92 Å². The van der Waals surface area contributed by atoms with Crippen LogP contribution >= 0.6 is 11.6 Å². The van der Waals surface area contributed by atoms with Crippen LogP contribution in [0, 0.1) is 12.7 Å². The zero-order chi connectivity index (χ0) is 14.7. The normalized spacial score (nSPS) is 10.4. The van der Waals surface area contributed by atoms with Crippen molar-refractivity contribution in [1.29, 1.82) is 0 Å². The van der Waals surface area contributed by atoms with Gasteiger partial charge in [-0.05, 0) is 55.3 Å². The second kappa shape index (κ2) is 6.06. The molecular formula is C16H14ClFO2. The molecule has 2 nitrogen and oxygen atoms in total. The number of carbonyl (C=O) groups is 1. The highest BCUT2D eigenvalue weighted by molar-refractivity contribution is 6.32. The van der Waals surface area contributed by atoms with Crippen LogP contribution in [0.15, 0.2) is 36.4 Å². The smallest absolute Gasteiger partial charge is 0.159 e. The number of ketones is 1. The fraction of sp³-hybridized carbons (Fsp3) is 0.188. The summed E-state index contributed by atoms with van der Waals surface area (Å²) in [4.78, 5) is 11.2. The molecule has 20 heavy (non-hydrogen) atoms. The molecular weight excluding hydrogens is 279 g/mol. The van der Waals surface area contributed by atoms with Crippen molar-refractivity contribution < 1.29 is 13.9 Å². The predicted octanol–water partition coefficient (Wildman–Crippen LogP) is 4.57. The molecule has 0 spiro atoms. The lowest BCUT2D eigenvalue weighted by Gasteiger charge is -2.10. The van der Waals surface area contributed by atoms with Crippen molar-refractivity contribution in [2.75, 3.05) is 0 Å². The maximum atomic E-state index is 13.0. The van der Waals surface area contributed by atoms with Crippen LogP contribution in [0.3, 0.4) is 0 Å². The van der Waals surface area contributed by atoms with E-state index in [1.165, 1.54) is 19.1 Å². The maximum Gasteiger partial charge on any atom is 0.159 e. The lowest BCUT2D eigenvalue weighted by atomic mass is 10.1. The number of ether oxygens (including phenoxy) is 1. The van der Waals surface area contributed by atoms with Gasteiger partial charge < -0.3 is 4.74 Å². The Labute approximate surface area is 122 Å². The molecule has 0 amide bonds. The number of carbonyl (C=O) groups excluding carboxylic acids is 1. The van der Waals surface area contributed by atoms with Crippen LogP contribution in [0.25, 0.3) is 0 Å². The van der Waals surface area contributed by atoms with Crippen LogP contribution in [0.5, 0.6) is 5.75 Å². The number of halogens is 2. The maximum absolute atomic E-state index is 13.0. The molecule has 0 radical (unpaired) electrons. The van der Waals surface area contributed by atoms with Crippen molar-refractivity contribution >= 4 is 17.4 Å². The molecule has 2 aromatic carbocycles. The Morgan fingerprint density at radius 3 is 2.60 bits per heavy atom. The van der Waals surface area contributed by atoms with Gasteiger partial charge in [0.1, 0.15) is 18.2 Å². The Bertz CT molecular complexity index is 653. The average molecular weight is 293 g/mol. The number of aryl methyl sites for hydroxylation is 1. The Hall–Kier alpha value is -1.87. The molecule has 0 aromatic heterocycles. The summed E-state index contributed by atoms with van der Waals surface area (Å²) in [6.45, 7) is 3.60. The lowest BCUT2D eigenvalue weighted by Crippen LogP contribution is -2.00. The van der Waals surface area contributed by atoms with Crippen LogP contribution in [-0.2, 0) is 6.61 Å². The van der Waals surface area contributed by atoms with E-state index < -0.39 is 0 Å². The van der Waals surface area contributed by atoms with Gasteiger partial charge in [-0.15, -0.1) is 0 Å². The molecule has 0 aliphatic carbocycles. The minimum absolute atomic E-state index is 0.0483. The third kappa shape index (κ3) is 3.36. The van der Waals surface area contributed by atoms with Gasteiger partial charge in [0.15, 0.2) is 5.78 Å². The number of hydrogen-bond donors (Lipinski definition) is 0. The first-order valence-corrected chi connectivity index (χ1v) is 6.53. The third-order valence-corrected chi connectivity index (χ3v) is 3.32. The van der Waals surface area contributed by atoms with Crippen molar-refractivity contribution in [2.24, 2.45) is 0 Å². The largest absolute Gasteiger partial charge is 0.487 e. The van der Waals surface area contributed by atoms with Crippen LogP contribution in [0.1, 0.15) is 28.4 Å². The monoisotopic (exact) mass is 292 g/mol. The van der Waals surface area contributed by atoms with Crippen molar-refractivity contribution in [3.05, 3.63) is 63.9 Å². The summed E-state index contributed by atoms with van der Waals surface area (Å²) in [5.74, 6) is 0.184. The standard InChI is InChI=1S/C16H14ClFO2/c1-10-7-14(18)5-3-13(10)9-20-16-6-4-12(11(2)19)8-15(16)17/h3-8H,9H2,1-2H3. The SMILES string of the molecule is CC(=O)c1ccc(OCc2ccc(F)cc2C)c(Cl)c1. The van der Waals surface area contributed by atoms with E-state index in [-0.39, 0.29) is 11.6 Å². The molecule has 0 N–H and O–H groups in total. The average Bonchev–Trinajstić information content (AvgIpc) is 2.38. The third-order valence-electron chi connectivity index (χ3n) is 3.03. The van der Waals surface area contributed by atoms with E-state index in [2.05, 4.69) is 0 Å². The van der Waals surface area contributed by atoms with E-state index in [0.717, 1.165) is 11.1 Å². The van der Waals surface area contributed by atoms with Gasteiger partial charge in [0.2, 0.25) is 0 Å². The van der Waals surface area contributed by atoms with Gasteiger partial charge in [-0.2, -0.15) is 0 Å². The van der Waals surface area contributed by atoms with E-state index >= 15 is 0 Å². The Balaban J connectivity index is 2.13. The minimum Gasteiger partial charge on any atom is -0.487 e. The number of Topliss-reactive ketones (excluding diaryl/α,β-unsaturated/α-hetero) is 1. The summed E-state index contributed by atoms with van der Waals surface area (Å²) in [6, 6.07) is 9.45. The van der Waals surface area contributed by atoms with Gasteiger partial charge in [0.05, 0.1) is 5.02 Å². The summed E-state index contributed by atoms with van der Waals surface area (Å²) in [5, 5.41) is 0.387. The summed E-state index contributed by atoms with van der Waals surface area (Å²) in [5.41, 5.74) is 2.25. The van der Waals surface area contributed by atoms with Crippen molar-refractivity contribution in [3.8, 4) is 5.75 Å². The van der Waals surface area contributed by atoms with Crippen LogP contribution in [0.2, 0.25) is 5.02 Å². The van der Waals surface area contributed by atoms with E-state index in [0.29, 0.717) is 22.9 Å².